The first-order valence-electron chi connectivity index (χ1n) is 8.08. The van der Waals surface area contributed by atoms with Gasteiger partial charge in [0.15, 0.2) is 0 Å². The fourth-order valence-electron chi connectivity index (χ4n) is 2.93. The molecule has 1 N–H and O–H groups in total. The number of ether oxygens (including phenoxy) is 1. The second-order valence-corrected chi connectivity index (χ2v) is 7.50. The Balaban J connectivity index is 1.67. The van der Waals surface area contributed by atoms with Crippen molar-refractivity contribution in [3.63, 3.8) is 0 Å². The molecule has 1 fully saturated rings. The molecular weight excluding hydrogens is 312 g/mol. The molecule has 2 unspecified atom stereocenters. The molecule has 3 rings (SSSR count). The van der Waals surface area contributed by atoms with E-state index in [4.69, 9.17) is 4.74 Å². The van der Waals surface area contributed by atoms with Gasteiger partial charge in [0.2, 0.25) is 11.8 Å². The van der Waals surface area contributed by atoms with Gasteiger partial charge in [-0.15, -0.1) is 11.8 Å². The van der Waals surface area contributed by atoms with Crippen LogP contribution in [0.15, 0.2) is 29.2 Å². The van der Waals surface area contributed by atoms with Gasteiger partial charge in [-0.3, -0.25) is 9.59 Å². The highest BCUT2D eigenvalue weighted by Gasteiger charge is 2.27. The highest BCUT2D eigenvalue weighted by Crippen LogP contribution is 2.37. The van der Waals surface area contributed by atoms with Crippen LogP contribution < -0.4 is 10.2 Å². The molecule has 1 aromatic carbocycles. The highest BCUT2D eigenvalue weighted by molar-refractivity contribution is 8.00. The monoisotopic (exact) mass is 334 g/mol. The van der Waals surface area contributed by atoms with Crippen molar-refractivity contribution in [2.45, 2.75) is 42.4 Å². The molecule has 2 aliphatic heterocycles. The Morgan fingerprint density at radius 1 is 1.43 bits per heavy atom. The lowest BCUT2D eigenvalue weighted by molar-refractivity contribution is -0.124. The molecule has 0 spiro atoms. The van der Waals surface area contributed by atoms with Crippen molar-refractivity contribution in [3.05, 3.63) is 24.3 Å². The zero-order chi connectivity index (χ0) is 16.2. The van der Waals surface area contributed by atoms with E-state index in [0.29, 0.717) is 13.0 Å². The average Bonchev–Trinajstić information content (AvgIpc) is 3.00. The van der Waals surface area contributed by atoms with Gasteiger partial charge in [-0.2, -0.15) is 0 Å². The summed E-state index contributed by atoms with van der Waals surface area (Å²) in [5.74, 6) is -0.134. The SMILES string of the molecule is CC1CC(=O)N(CC(=O)NCC2CCCO2)c2ccccc2S1. The zero-order valence-corrected chi connectivity index (χ0v) is 14.1. The van der Waals surface area contributed by atoms with E-state index in [1.807, 2.05) is 31.2 Å². The fraction of sp³-hybridized carbons (Fsp3) is 0.529. The number of hydrogen-bond donors (Lipinski definition) is 1. The van der Waals surface area contributed by atoms with Crippen molar-refractivity contribution < 1.29 is 14.3 Å². The predicted octanol–water partition coefficient (Wildman–Crippen LogP) is 2.20. The number of carbonyl (C=O) groups is 2. The van der Waals surface area contributed by atoms with Gasteiger partial charge in [0.1, 0.15) is 6.54 Å². The van der Waals surface area contributed by atoms with Crippen LogP contribution in [-0.2, 0) is 14.3 Å². The molecule has 0 saturated carbocycles. The number of amides is 2. The third-order valence-electron chi connectivity index (χ3n) is 4.10. The summed E-state index contributed by atoms with van der Waals surface area (Å²) < 4.78 is 5.51. The smallest absolute Gasteiger partial charge is 0.240 e. The van der Waals surface area contributed by atoms with Gasteiger partial charge in [0.25, 0.3) is 0 Å². The Morgan fingerprint density at radius 2 is 2.26 bits per heavy atom. The maximum Gasteiger partial charge on any atom is 0.240 e. The largest absolute Gasteiger partial charge is 0.376 e. The van der Waals surface area contributed by atoms with Crippen LogP contribution in [0.5, 0.6) is 0 Å². The maximum atomic E-state index is 12.5. The van der Waals surface area contributed by atoms with Crippen LogP contribution in [0, 0.1) is 0 Å². The van der Waals surface area contributed by atoms with Crippen molar-refractivity contribution in [2.24, 2.45) is 0 Å². The lowest BCUT2D eigenvalue weighted by Crippen LogP contribution is -2.43. The summed E-state index contributed by atoms with van der Waals surface area (Å²) in [4.78, 5) is 27.4. The Hall–Kier alpha value is -1.53. The number of nitrogens with one attached hydrogen (secondary N) is 1. The summed E-state index contributed by atoms with van der Waals surface area (Å²) in [5, 5.41) is 3.10. The van der Waals surface area contributed by atoms with Crippen LogP contribution in [-0.4, -0.2) is 42.9 Å². The molecule has 0 radical (unpaired) electrons. The summed E-state index contributed by atoms with van der Waals surface area (Å²) in [6.45, 7) is 3.40. The third kappa shape index (κ3) is 4.06. The average molecular weight is 334 g/mol. The number of para-hydroxylation sites is 1. The van der Waals surface area contributed by atoms with Gasteiger partial charge in [0.05, 0.1) is 11.8 Å². The number of thioether (sulfide) groups is 1. The quantitative estimate of drug-likeness (QED) is 0.917. The van der Waals surface area contributed by atoms with E-state index in [9.17, 15) is 9.59 Å². The van der Waals surface area contributed by atoms with Crippen molar-refractivity contribution in [3.8, 4) is 0 Å². The van der Waals surface area contributed by atoms with Crippen molar-refractivity contribution in [1.29, 1.82) is 0 Å². The van der Waals surface area contributed by atoms with Crippen LogP contribution in [0.25, 0.3) is 0 Å². The number of anilines is 1. The normalized spacial score (nSPS) is 24.2. The van der Waals surface area contributed by atoms with Gasteiger partial charge < -0.3 is 15.0 Å². The van der Waals surface area contributed by atoms with Gasteiger partial charge in [-0.25, -0.2) is 0 Å². The molecule has 1 saturated heterocycles. The summed E-state index contributed by atoms with van der Waals surface area (Å²) in [7, 11) is 0. The Bertz CT molecular complexity index is 587. The Kier molecular flexibility index (Phi) is 5.23. The van der Waals surface area contributed by atoms with E-state index in [0.717, 1.165) is 30.0 Å². The minimum atomic E-state index is -0.136. The van der Waals surface area contributed by atoms with E-state index >= 15 is 0 Å². The molecule has 2 atom stereocenters. The van der Waals surface area contributed by atoms with Crippen LogP contribution >= 0.6 is 11.8 Å². The summed E-state index contributed by atoms with van der Waals surface area (Å²) in [6, 6.07) is 7.78. The molecule has 0 bridgehead atoms. The summed E-state index contributed by atoms with van der Waals surface area (Å²) >= 11 is 1.69. The number of rotatable bonds is 4. The van der Waals surface area contributed by atoms with Crippen molar-refractivity contribution in [1.82, 2.24) is 5.32 Å². The second kappa shape index (κ2) is 7.36. The molecule has 2 amide bonds. The standard InChI is InChI=1S/C17H22N2O3S/c1-12-9-17(21)19(14-6-2-3-7-15(14)23-12)11-16(20)18-10-13-5-4-8-22-13/h2-3,6-7,12-13H,4-5,8-11H2,1H3,(H,18,20). The van der Waals surface area contributed by atoms with Crippen molar-refractivity contribution >= 4 is 29.3 Å². The topological polar surface area (TPSA) is 58.6 Å². The number of fused-ring (bicyclic) bond motifs is 1. The Morgan fingerprint density at radius 3 is 3.04 bits per heavy atom. The second-order valence-electron chi connectivity index (χ2n) is 6.02. The number of hydrogen-bond acceptors (Lipinski definition) is 4. The molecule has 5 nitrogen and oxygen atoms in total. The molecule has 0 aromatic heterocycles. The Labute approximate surface area is 140 Å². The molecule has 2 aliphatic rings. The third-order valence-corrected chi connectivity index (χ3v) is 5.27. The van der Waals surface area contributed by atoms with Gasteiger partial charge >= 0.3 is 0 Å². The van der Waals surface area contributed by atoms with Crippen LogP contribution in [0.1, 0.15) is 26.2 Å². The lowest BCUT2D eigenvalue weighted by Gasteiger charge is -2.22. The molecule has 6 heteroatoms. The molecule has 1 aromatic rings. The van der Waals surface area contributed by atoms with E-state index in [2.05, 4.69) is 5.32 Å². The zero-order valence-electron chi connectivity index (χ0n) is 13.3. The number of carbonyl (C=O) groups excluding carboxylic acids is 2. The lowest BCUT2D eigenvalue weighted by atomic mass is 10.2. The molecule has 124 valence electrons. The summed E-state index contributed by atoms with van der Waals surface area (Å²) in [6.07, 6.45) is 2.59. The molecule has 0 aliphatic carbocycles. The minimum absolute atomic E-state index is 0.00205. The maximum absolute atomic E-state index is 12.5. The van der Waals surface area contributed by atoms with E-state index in [1.54, 1.807) is 16.7 Å². The number of benzene rings is 1. The first kappa shape index (κ1) is 16.3. The summed E-state index contributed by atoms with van der Waals surface area (Å²) in [5.41, 5.74) is 0.833. The van der Waals surface area contributed by atoms with Crippen LogP contribution in [0.4, 0.5) is 5.69 Å². The molecule has 2 heterocycles. The minimum Gasteiger partial charge on any atom is -0.376 e. The van der Waals surface area contributed by atoms with Crippen molar-refractivity contribution in [2.75, 3.05) is 24.6 Å². The number of nitrogens with zero attached hydrogens (tertiary/aromatic N) is 1. The van der Waals surface area contributed by atoms with Gasteiger partial charge in [-0.05, 0) is 25.0 Å². The molecule has 23 heavy (non-hydrogen) atoms. The van der Waals surface area contributed by atoms with Gasteiger partial charge in [-0.1, -0.05) is 19.1 Å². The molecular formula is C17H22N2O3S. The van der Waals surface area contributed by atoms with E-state index < -0.39 is 0 Å². The van der Waals surface area contributed by atoms with Crippen LogP contribution in [0.3, 0.4) is 0 Å². The predicted molar refractivity (Wildman–Crippen MR) is 90.7 cm³/mol. The van der Waals surface area contributed by atoms with E-state index in [-0.39, 0.29) is 29.7 Å². The van der Waals surface area contributed by atoms with Gasteiger partial charge in [0, 0.05) is 29.7 Å². The fourth-order valence-corrected chi connectivity index (χ4v) is 4.05. The highest BCUT2D eigenvalue weighted by atomic mass is 32.2. The first-order chi connectivity index (χ1) is 11.1. The first-order valence-corrected chi connectivity index (χ1v) is 8.96. The van der Waals surface area contributed by atoms with E-state index in [1.165, 1.54) is 0 Å². The van der Waals surface area contributed by atoms with Crippen LogP contribution in [0.2, 0.25) is 0 Å².